The topological polar surface area (TPSA) is 71.1 Å². The van der Waals surface area contributed by atoms with Gasteiger partial charge in [0, 0.05) is 42.5 Å². The Bertz CT molecular complexity index is 831. The summed E-state index contributed by atoms with van der Waals surface area (Å²) in [6.07, 6.45) is 4.24. The van der Waals surface area contributed by atoms with Gasteiger partial charge in [-0.3, -0.25) is 4.79 Å². The van der Waals surface area contributed by atoms with Crippen LogP contribution in [0.25, 0.3) is 10.9 Å². The minimum Gasteiger partial charge on any atom is -0.471 e. The van der Waals surface area contributed by atoms with Crippen LogP contribution in [-0.4, -0.2) is 45.2 Å². The molecule has 3 heterocycles. The zero-order valence-corrected chi connectivity index (χ0v) is 12.5. The van der Waals surface area contributed by atoms with Crippen molar-refractivity contribution in [1.82, 2.24) is 20.1 Å². The van der Waals surface area contributed by atoms with Crippen LogP contribution in [0.1, 0.15) is 16.8 Å². The van der Waals surface area contributed by atoms with Gasteiger partial charge in [0.2, 0.25) is 5.88 Å². The van der Waals surface area contributed by atoms with Gasteiger partial charge in [0.25, 0.3) is 5.91 Å². The first-order valence-electron chi connectivity index (χ1n) is 7.60. The third-order valence-corrected chi connectivity index (χ3v) is 4.07. The van der Waals surface area contributed by atoms with Gasteiger partial charge in [-0.25, -0.2) is 0 Å². The number of nitrogens with one attached hydrogen (secondary N) is 1. The van der Waals surface area contributed by atoms with E-state index < -0.39 is 0 Å². The largest absolute Gasteiger partial charge is 0.471 e. The van der Waals surface area contributed by atoms with Gasteiger partial charge in [-0.15, -0.1) is 5.10 Å². The van der Waals surface area contributed by atoms with Crippen molar-refractivity contribution >= 4 is 16.8 Å². The summed E-state index contributed by atoms with van der Waals surface area (Å²) in [5.41, 5.74) is 1.67. The first-order valence-corrected chi connectivity index (χ1v) is 7.60. The van der Waals surface area contributed by atoms with E-state index >= 15 is 0 Å². The normalized spacial score (nSPS) is 17.6. The van der Waals surface area contributed by atoms with Crippen LogP contribution in [0, 0.1) is 0 Å². The number of benzene rings is 1. The number of ether oxygens (including phenoxy) is 1. The second-order valence-electron chi connectivity index (χ2n) is 5.62. The molecule has 0 spiro atoms. The summed E-state index contributed by atoms with van der Waals surface area (Å²) in [6, 6.07) is 11.3. The van der Waals surface area contributed by atoms with Crippen molar-refractivity contribution in [3.05, 3.63) is 54.4 Å². The molecule has 1 saturated heterocycles. The Kier molecular flexibility index (Phi) is 3.42. The van der Waals surface area contributed by atoms with Gasteiger partial charge >= 0.3 is 0 Å². The second-order valence-corrected chi connectivity index (χ2v) is 5.62. The smallest absolute Gasteiger partial charge is 0.254 e. The van der Waals surface area contributed by atoms with Gasteiger partial charge in [0.05, 0.1) is 6.54 Å². The Labute approximate surface area is 133 Å². The molecule has 1 atom stereocenters. The Morgan fingerprint density at radius 2 is 2.26 bits per heavy atom. The van der Waals surface area contributed by atoms with E-state index in [0.717, 1.165) is 17.3 Å². The lowest BCUT2D eigenvalue weighted by Gasteiger charge is -2.17. The van der Waals surface area contributed by atoms with Gasteiger partial charge in [-0.05, 0) is 29.7 Å². The van der Waals surface area contributed by atoms with Crippen LogP contribution in [0.3, 0.4) is 0 Å². The molecule has 6 nitrogen and oxygen atoms in total. The van der Waals surface area contributed by atoms with E-state index in [4.69, 9.17) is 4.74 Å². The molecule has 1 fully saturated rings. The lowest BCUT2D eigenvalue weighted by molar-refractivity contribution is 0.0771. The lowest BCUT2D eigenvalue weighted by atomic mass is 10.1. The Morgan fingerprint density at radius 3 is 3.13 bits per heavy atom. The average molecular weight is 308 g/mol. The van der Waals surface area contributed by atoms with Crippen molar-refractivity contribution in [1.29, 1.82) is 0 Å². The van der Waals surface area contributed by atoms with Crippen molar-refractivity contribution < 1.29 is 9.53 Å². The molecular weight excluding hydrogens is 292 g/mol. The number of carbonyl (C=O) groups excluding carboxylic acids is 1. The fourth-order valence-corrected chi connectivity index (χ4v) is 2.89. The summed E-state index contributed by atoms with van der Waals surface area (Å²) in [5.74, 6) is 0.534. The molecule has 0 radical (unpaired) electrons. The van der Waals surface area contributed by atoms with Crippen LogP contribution < -0.4 is 4.74 Å². The third-order valence-electron chi connectivity index (χ3n) is 4.07. The number of H-pyrrole nitrogens is 1. The van der Waals surface area contributed by atoms with E-state index in [1.807, 2.05) is 35.4 Å². The highest BCUT2D eigenvalue weighted by molar-refractivity contribution is 5.98. The maximum atomic E-state index is 12.6. The molecule has 1 aliphatic heterocycles. The van der Waals surface area contributed by atoms with Crippen molar-refractivity contribution in [2.24, 2.45) is 0 Å². The number of fused-ring (bicyclic) bond motifs is 1. The van der Waals surface area contributed by atoms with Crippen LogP contribution in [0.2, 0.25) is 0 Å². The lowest BCUT2D eigenvalue weighted by Crippen LogP contribution is -2.31. The monoisotopic (exact) mass is 308 g/mol. The van der Waals surface area contributed by atoms with Crippen LogP contribution >= 0.6 is 0 Å². The number of nitrogens with zero attached hydrogens (tertiary/aromatic N) is 3. The zero-order valence-electron chi connectivity index (χ0n) is 12.5. The second kappa shape index (κ2) is 5.72. The van der Waals surface area contributed by atoms with Crippen molar-refractivity contribution in [2.45, 2.75) is 12.5 Å². The predicted molar refractivity (Wildman–Crippen MR) is 85.3 cm³/mol. The molecule has 116 valence electrons. The van der Waals surface area contributed by atoms with E-state index in [2.05, 4.69) is 15.2 Å². The maximum absolute atomic E-state index is 12.6. The molecule has 0 aliphatic carbocycles. The molecule has 2 aromatic heterocycles. The van der Waals surface area contributed by atoms with Crippen LogP contribution in [0.4, 0.5) is 0 Å². The molecule has 0 bridgehead atoms. The summed E-state index contributed by atoms with van der Waals surface area (Å²) in [4.78, 5) is 17.6. The Hall–Kier alpha value is -2.89. The Balaban J connectivity index is 1.45. The summed E-state index contributed by atoms with van der Waals surface area (Å²) in [7, 11) is 0. The number of aromatic amines is 1. The number of aromatic nitrogens is 3. The van der Waals surface area contributed by atoms with E-state index in [1.54, 1.807) is 18.3 Å². The number of rotatable bonds is 3. The molecule has 0 unspecified atom stereocenters. The molecule has 1 aromatic carbocycles. The molecule has 3 aromatic rings. The van der Waals surface area contributed by atoms with Crippen molar-refractivity contribution in [3.63, 3.8) is 0 Å². The molecule has 6 heteroatoms. The highest BCUT2D eigenvalue weighted by Gasteiger charge is 2.28. The van der Waals surface area contributed by atoms with E-state index in [1.165, 1.54) is 0 Å². The van der Waals surface area contributed by atoms with E-state index in [0.29, 0.717) is 24.5 Å². The zero-order chi connectivity index (χ0) is 15.6. The van der Waals surface area contributed by atoms with Gasteiger partial charge in [-0.1, -0.05) is 6.07 Å². The predicted octanol–water partition coefficient (Wildman–Crippen LogP) is 2.25. The van der Waals surface area contributed by atoms with E-state index in [-0.39, 0.29) is 12.0 Å². The third kappa shape index (κ3) is 2.75. The summed E-state index contributed by atoms with van der Waals surface area (Å²) in [6.45, 7) is 1.25. The molecule has 4 rings (SSSR count). The van der Waals surface area contributed by atoms with Gasteiger partial charge in [0.15, 0.2) is 0 Å². The number of hydrogen-bond acceptors (Lipinski definition) is 4. The first-order chi connectivity index (χ1) is 11.3. The number of carbonyl (C=O) groups is 1. The van der Waals surface area contributed by atoms with Crippen LogP contribution in [-0.2, 0) is 0 Å². The average Bonchev–Trinajstić information content (AvgIpc) is 3.23. The van der Waals surface area contributed by atoms with Gasteiger partial charge < -0.3 is 14.6 Å². The molecule has 23 heavy (non-hydrogen) atoms. The minimum atomic E-state index is -0.0372. The van der Waals surface area contributed by atoms with Gasteiger partial charge in [0.1, 0.15) is 6.10 Å². The molecule has 0 saturated carbocycles. The fourth-order valence-electron chi connectivity index (χ4n) is 2.89. The Morgan fingerprint density at radius 1 is 1.30 bits per heavy atom. The van der Waals surface area contributed by atoms with Crippen LogP contribution in [0.15, 0.2) is 48.8 Å². The van der Waals surface area contributed by atoms with Gasteiger partial charge in [-0.2, -0.15) is 5.10 Å². The fraction of sp³-hybridized carbons (Fsp3) is 0.235. The summed E-state index contributed by atoms with van der Waals surface area (Å²) in [5, 5.41) is 8.82. The number of hydrogen-bond donors (Lipinski definition) is 1. The molecular formula is C17H16N4O2. The maximum Gasteiger partial charge on any atom is 0.254 e. The quantitative estimate of drug-likeness (QED) is 0.805. The molecule has 1 amide bonds. The minimum absolute atomic E-state index is 0.0340. The standard InChI is InChI=1S/C17H16N4O2/c22-17(13-4-3-12-5-8-18-15(12)10-13)21-9-6-14(11-21)23-16-2-1-7-19-20-16/h1-5,7-8,10,14,18H,6,9,11H2/t14-/m0/s1. The van der Waals surface area contributed by atoms with Crippen molar-refractivity contribution in [3.8, 4) is 5.88 Å². The SMILES string of the molecule is O=C(c1ccc2cc[nH]c2c1)N1CC[C@H](Oc2cccnn2)C1. The van der Waals surface area contributed by atoms with Crippen molar-refractivity contribution in [2.75, 3.05) is 13.1 Å². The summed E-state index contributed by atoms with van der Waals surface area (Å²) < 4.78 is 5.78. The highest BCUT2D eigenvalue weighted by Crippen LogP contribution is 2.20. The highest BCUT2D eigenvalue weighted by atomic mass is 16.5. The number of likely N-dealkylation sites (tertiary alicyclic amines) is 1. The van der Waals surface area contributed by atoms with E-state index in [9.17, 15) is 4.79 Å². The first kappa shape index (κ1) is 13.8. The molecule has 1 aliphatic rings. The number of amides is 1. The molecule has 1 N–H and O–H groups in total. The van der Waals surface area contributed by atoms with Crippen LogP contribution in [0.5, 0.6) is 5.88 Å². The summed E-state index contributed by atoms with van der Waals surface area (Å²) >= 11 is 0.